The molecule has 138 valence electrons. The Hall–Kier alpha value is -2.38. The zero-order valence-electron chi connectivity index (χ0n) is 14.4. The van der Waals surface area contributed by atoms with Crippen LogP contribution in [0.1, 0.15) is 15.9 Å². The molecular weight excluding hydrogens is 476 g/mol. The molecule has 1 N–H and O–H groups in total. The van der Waals surface area contributed by atoms with Gasteiger partial charge in [-0.15, -0.1) is 0 Å². The number of hydrogen-bond acceptors (Lipinski definition) is 3. The summed E-state index contributed by atoms with van der Waals surface area (Å²) in [6.07, 6.45) is 3.83. The maximum absolute atomic E-state index is 12.2. The van der Waals surface area contributed by atoms with Crippen LogP contribution in [0.15, 0.2) is 69.9 Å². The first-order valence-corrected chi connectivity index (χ1v) is 9.68. The van der Waals surface area contributed by atoms with Gasteiger partial charge >= 0.3 is 5.97 Å². The van der Waals surface area contributed by atoms with Crippen molar-refractivity contribution in [1.29, 1.82) is 0 Å². The van der Waals surface area contributed by atoms with Crippen LogP contribution in [0, 0.1) is 6.92 Å². The molecule has 1 amide bonds. The zero-order chi connectivity index (χ0) is 19.4. The van der Waals surface area contributed by atoms with Crippen molar-refractivity contribution in [3.8, 4) is 5.69 Å². The van der Waals surface area contributed by atoms with Gasteiger partial charge in [-0.05, 0) is 92.9 Å². The molecule has 0 saturated carbocycles. The number of hydrogen-bond donors (Lipinski definition) is 1. The molecule has 3 rings (SSSR count). The van der Waals surface area contributed by atoms with Crippen molar-refractivity contribution in [2.24, 2.45) is 0 Å². The lowest BCUT2D eigenvalue weighted by molar-refractivity contribution is -0.119. The molecule has 0 aliphatic carbocycles. The van der Waals surface area contributed by atoms with Crippen molar-refractivity contribution < 1.29 is 14.3 Å². The first-order valence-electron chi connectivity index (χ1n) is 8.10. The molecule has 1 heterocycles. The smallest absolute Gasteiger partial charge is 0.338 e. The highest BCUT2D eigenvalue weighted by Crippen LogP contribution is 2.32. The van der Waals surface area contributed by atoms with Gasteiger partial charge in [-0.2, -0.15) is 0 Å². The van der Waals surface area contributed by atoms with Crippen LogP contribution in [0.5, 0.6) is 0 Å². The molecule has 0 spiro atoms. The lowest BCUT2D eigenvalue weighted by Gasteiger charge is -2.11. The molecular formula is C20H16Br2N2O3. The molecule has 0 aliphatic heterocycles. The second-order valence-corrected chi connectivity index (χ2v) is 7.57. The largest absolute Gasteiger partial charge is 0.452 e. The number of esters is 1. The number of aryl methyl sites for hydroxylation is 1. The quantitative estimate of drug-likeness (QED) is 0.504. The minimum atomic E-state index is -0.550. The average Bonchev–Trinajstić information content (AvgIpc) is 3.17. The third kappa shape index (κ3) is 4.87. The van der Waals surface area contributed by atoms with Crippen molar-refractivity contribution >= 4 is 49.4 Å². The molecule has 7 heteroatoms. The Balaban J connectivity index is 1.58. The van der Waals surface area contributed by atoms with Crippen LogP contribution in [-0.4, -0.2) is 23.1 Å². The Morgan fingerprint density at radius 2 is 1.63 bits per heavy atom. The molecule has 5 nitrogen and oxygen atoms in total. The van der Waals surface area contributed by atoms with Gasteiger partial charge in [0, 0.05) is 27.0 Å². The molecule has 0 saturated heterocycles. The number of aromatic nitrogens is 1. The predicted octanol–water partition coefficient (Wildman–Crippen LogP) is 5.11. The van der Waals surface area contributed by atoms with Gasteiger partial charge in [-0.3, -0.25) is 4.79 Å². The number of carbonyl (C=O) groups is 2. The summed E-state index contributed by atoms with van der Waals surface area (Å²) >= 11 is 6.82. The van der Waals surface area contributed by atoms with Crippen LogP contribution >= 0.6 is 31.9 Å². The second kappa shape index (κ2) is 8.54. The van der Waals surface area contributed by atoms with Crippen LogP contribution in [-0.2, 0) is 9.53 Å². The van der Waals surface area contributed by atoms with Crippen LogP contribution in [0.3, 0.4) is 0 Å². The van der Waals surface area contributed by atoms with E-state index in [-0.39, 0.29) is 6.61 Å². The van der Waals surface area contributed by atoms with Gasteiger partial charge in [-0.1, -0.05) is 0 Å². The highest BCUT2D eigenvalue weighted by Gasteiger charge is 2.13. The number of carbonyl (C=O) groups excluding carboxylic acids is 2. The highest BCUT2D eigenvalue weighted by molar-refractivity contribution is 9.11. The van der Waals surface area contributed by atoms with E-state index in [1.54, 1.807) is 12.1 Å². The minimum absolute atomic E-state index is 0.370. The first-order chi connectivity index (χ1) is 12.9. The molecule has 2 aromatic carbocycles. The maximum atomic E-state index is 12.2. The summed E-state index contributed by atoms with van der Waals surface area (Å²) in [4.78, 5) is 24.3. The van der Waals surface area contributed by atoms with Crippen molar-refractivity contribution in [1.82, 2.24) is 4.57 Å². The van der Waals surface area contributed by atoms with E-state index in [0.717, 1.165) is 20.2 Å². The number of nitrogens with zero attached hydrogens (tertiary/aromatic N) is 1. The summed E-state index contributed by atoms with van der Waals surface area (Å²) in [6.45, 7) is 1.58. The molecule has 0 fully saturated rings. The molecule has 27 heavy (non-hydrogen) atoms. The molecule has 0 aliphatic rings. The van der Waals surface area contributed by atoms with Crippen LogP contribution in [0.4, 0.5) is 5.69 Å². The third-order valence-corrected chi connectivity index (χ3v) is 5.04. The van der Waals surface area contributed by atoms with Crippen molar-refractivity contribution in [3.63, 3.8) is 0 Å². The lowest BCUT2D eigenvalue weighted by atomic mass is 10.2. The highest BCUT2D eigenvalue weighted by atomic mass is 79.9. The van der Waals surface area contributed by atoms with Gasteiger partial charge in [0.1, 0.15) is 0 Å². The Labute approximate surface area is 173 Å². The summed E-state index contributed by atoms with van der Waals surface area (Å²) in [6, 6.07) is 14.6. The van der Waals surface area contributed by atoms with E-state index in [0.29, 0.717) is 11.3 Å². The predicted molar refractivity (Wildman–Crippen MR) is 111 cm³/mol. The molecule has 0 bridgehead atoms. The van der Waals surface area contributed by atoms with Gasteiger partial charge < -0.3 is 14.6 Å². The number of nitrogens with one attached hydrogen (secondary N) is 1. The number of amides is 1. The van der Waals surface area contributed by atoms with Gasteiger partial charge in [0.15, 0.2) is 6.61 Å². The maximum Gasteiger partial charge on any atom is 0.338 e. The SMILES string of the molecule is Cc1cc(Br)c(NC(=O)COC(=O)c2ccc(-n3cccc3)cc2)c(Br)c1. The van der Waals surface area contributed by atoms with Gasteiger partial charge in [0.2, 0.25) is 0 Å². The summed E-state index contributed by atoms with van der Waals surface area (Å²) in [5.74, 6) is -0.969. The van der Waals surface area contributed by atoms with E-state index in [4.69, 9.17) is 4.74 Å². The van der Waals surface area contributed by atoms with E-state index in [2.05, 4.69) is 37.2 Å². The Kier molecular flexibility index (Phi) is 6.13. The summed E-state index contributed by atoms with van der Waals surface area (Å²) in [5, 5.41) is 2.73. The van der Waals surface area contributed by atoms with Gasteiger partial charge in [0.05, 0.1) is 11.3 Å². The van der Waals surface area contributed by atoms with Gasteiger partial charge in [-0.25, -0.2) is 4.79 Å². The number of ether oxygens (including phenoxy) is 1. The van der Waals surface area contributed by atoms with Gasteiger partial charge in [0.25, 0.3) is 5.91 Å². The summed E-state index contributed by atoms with van der Waals surface area (Å²) < 4.78 is 8.53. The number of halogens is 2. The molecule has 1 aromatic heterocycles. The number of anilines is 1. The van der Waals surface area contributed by atoms with E-state index < -0.39 is 11.9 Å². The van der Waals surface area contributed by atoms with Crippen LogP contribution in [0.25, 0.3) is 5.69 Å². The third-order valence-electron chi connectivity index (χ3n) is 3.79. The summed E-state index contributed by atoms with van der Waals surface area (Å²) in [5.41, 5.74) is 2.96. The van der Waals surface area contributed by atoms with Crippen LogP contribution < -0.4 is 5.32 Å². The van der Waals surface area contributed by atoms with E-state index >= 15 is 0 Å². The first kappa shape index (κ1) is 19.4. The number of rotatable bonds is 5. The normalized spacial score (nSPS) is 10.5. The Bertz CT molecular complexity index is 944. The molecule has 0 unspecified atom stereocenters. The zero-order valence-corrected chi connectivity index (χ0v) is 17.6. The van der Waals surface area contributed by atoms with Crippen molar-refractivity contribution in [3.05, 3.63) is 81.0 Å². The van der Waals surface area contributed by atoms with E-state index in [9.17, 15) is 9.59 Å². The Morgan fingerprint density at radius 1 is 1.04 bits per heavy atom. The van der Waals surface area contributed by atoms with Crippen LogP contribution in [0.2, 0.25) is 0 Å². The topological polar surface area (TPSA) is 60.3 Å². The fourth-order valence-corrected chi connectivity index (χ4v) is 4.10. The second-order valence-electron chi connectivity index (χ2n) is 5.87. The summed E-state index contributed by atoms with van der Waals surface area (Å²) in [7, 11) is 0. The molecule has 0 radical (unpaired) electrons. The standard InChI is InChI=1S/C20H16Br2N2O3/c1-13-10-16(21)19(17(22)11-13)23-18(25)12-27-20(26)14-4-6-15(7-5-14)24-8-2-3-9-24/h2-11H,12H2,1H3,(H,23,25). The fraction of sp³-hybridized carbons (Fsp3) is 0.100. The lowest BCUT2D eigenvalue weighted by Crippen LogP contribution is -2.21. The Morgan fingerprint density at radius 3 is 2.22 bits per heavy atom. The van der Waals surface area contributed by atoms with Crippen molar-refractivity contribution in [2.45, 2.75) is 6.92 Å². The number of benzene rings is 2. The monoisotopic (exact) mass is 490 g/mol. The molecule has 0 atom stereocenters. The molecule has 3 aromatic rings. The van der Waals surface area contributed by atoms with E-state index in [1.807, 2.05) is 60.3 Å². The van der Waals surface area contributed by atoms with E-state index in [1.165, 1.54) is 0 Å². The average molecular weight is 492 g/mol. The van der Waals surface area contributed by atoms with Crippen molar-refractivity contribution in [2.75, 3.05) is 11.9 Å². The fourth-order valence-electron chi connectivity index (χ4n) is 2.49. The minimum Gasteiger partial charge on any atom is -0.452 e.